The van der Waals surface area contributed by atoms with Crippen LogP contribution in [0.4, 0.5) is 4.79 Å². The molecule has 228 valence electrons. The summed E-state index contributed by atoms with van der Waals surface area (Å²) in [6.07, 6.45) is -1.23. The van der Waals surface area contributed by atoms with Gasteiger partial charge in [-0.3, -0.25) is 63.3 Å². The van der Waals surface area contributed by atoms with Crippen molar-refractivity contribution in [3.63, 3.8) is 0 Å². The number of carbonyl (C=O) groups excluding carboxylic acids is 13. The number of rotatable bonds is 10. The van der Waals surface area contributed by atoms with E-state index in [1.165, 1.54) is 0 Å². The van der Waals surface area contributed by atoms with Crippen molar-refractivity contribution in [2.45, 2.75) is 0 Å². The minimum atomic E-state index is -2.77. The predicted molar refractivity (Wildman–Crippen MR) is 115 cm³/mol. The van der Waals surface area contributed by atoms with Crippen molar-refractivity contribution in [3.8, 4) is 0 Å². The molecule has 6 aliphatic rings. The first-order valence-corrected chi connectivity index (χ1v) is 11.9. The van der Waals surface area contributed by atoms with E-state index in [0.29, 0.717) is 9.80 Å². The Bertz CT molecular complexity index is 1550. The fourth-order valence-electron chi connectivity index (χ4n) is 5.00. The Hall–Kier alpha value is -5.97. The second-order valence-electron chi connectivity index (χ2n) is 9.54. The number of carbonyl (C=O) groups is 13. The Morgan fingerprint density at radius 3 is 1.41 bits per heavy atom. The molecule has 6 saturated heterocycles. The van der Waals surface area contributed by atoms with Crippen molar-refractivity contribution in [2.24, 2.45) is 16.2 Å². The van der Waals surface area contributed by atoms with Gasteiger partial charge in [0.2, 0.25) is 0 Å². The van der Waals surface area contributed by atoms with E-state index < -0.39 is 127 Å². The quantitative estimate of drug-likeness (QED) is 0.0572. The fraction of sp³-hybridized carbons (Fsp3) is 0.381. The zero-order chi connectivity index (χ0) is 32.1. The number of nitrogens with one attached hydrogen (secondary N) is 2. The molecular weight excluding hydrogens is 608 g/mol. The topological polar surface area (TPSA) is 296 Å². The van der Waals surface area contributed by atoms with Crippen LogP contribution in [-0.2, 0) is 76.5 Å². The molecule has 23 heteroatoms. The van der Waals surface area contributed by atoms with E-state index >= 15 is 0 Å². The van der Waals surface area contributed by atoms with Crippen LogP contribution in [-0.4, -0.2) is 130 Å². The molecule has 0 atom stereocenters. The Kier molecular flexibility index (Phi) is 5.61. The standard InChI is InChI=1S/C21H12N6O17/c28-6-19(8(30)26(9(19)31)4-27-12(34)21(13(27)35)16(38)44-17(21)39)7(29)25(6)2-23-18(40)42-5-41-3-22-1-24-10(32)20(11(24)33)14(36)43-15(20)37/h22H,1-5H2,(H,23,40). The number of alkyl carbamates (subject to hydrolysis) is 1. The first-order valence-electron chi connectivity index (χ1n) is 11.9. The summed E-state index contributed by atoms with van der Waals surface area (Å²) in [4.78, 5) is 157. The van der Waals surface area contributed by atoms with Crippen LogP contribution >= 0.6 is 0 Å². The van der Waals surface area contributed by atoms with Gasteiger partial charge in [0.1, 0.15) is 20.1 Å². The van der Waals surface area contributed by atoms with Gasteiger partial charge in [0.05, 0.1) is 6.67 Å². The summed E-state index contributed by atoms with van der Waals surface area (Å²) in [7, 11) is 0. The lowest BCUT2D eigenvalue weighted by atomic mass is 9.69. The summed E-state index contributed by atoms with van der Waals surface area (Å²) in [5, 5.41) is 4.41. The summed E-state index contributed by atoms with van der Waals surface area (Å²) < 4.78 is 17.5. The number of amides is 9. The average molecular weight is 620 g/mol. The summed E-state index contributed by atoms with van der Waals surface area (Å²) >= 11 is 0. The largest absolute Gasteiger partial charge is 0.422 e. The van der Waals surface area contributed by atoms with Gasteiger partial charge >= 0.3 is 40.8 Å². The monoisotopic (exact) mass is 620 g/mol. The van der Waals surface area contributed by atoms with Gasteiger partial charge in [-0.25, -0.2) is 24.0 Å². The molecule has 6 rings (SSSR count). The zero-order valence-corrected chi connectivity index (χ0v) is 21.3. The maximum absolute atomic E-state index is 12.6. The minimum Gasteiger partial charge on any atom is -0.422 e. The predicted octanol–water partition coefficient (Wildman–Crippen LogP) is -7.29. The van der Waals surface area contributed by atoms with Gasteiger partial charge in [0.25, 0.3) is 52.7 Å². The van der Waals surface area contributed by atoms with Crippen molar-refractivity contribution in [3.05, 3.63) is 0 Å². The smallest absolute Gasteiger partial charge is 0.410 e. The molecule has 0 bridgehead atoms. The first kappa shape index (κ1) is 28.2. The van der Waals surface area contributed by atoms with E-state index in [1.54, 1.807) is 0 Å². The Morgan fingerprint density at radius 2 is 0.955 bits per heavy atom. The van der Waals surface area contributed by atoms with Crippen LogP contribution in [0.25, 0.3) is 0 Å². The molecule has 9 amide bonds. The number of β-lactam (4-membered cyclic amide) rings is 8. The highest BCUT2D eigenvalue weighted by Crippen LogP contribution is 2.47. The van der Waals surface area contributed by atoms with E-state index in [1.807, 2.05) is 5.32 Å². The molecule has 0 aromatic carbocycles. The lowest BCUT2D eigenvalue weighted by Gasteiger charge is -2.54. The van der Waals surface area contributed by atoms with Crippen LogP contribution in [0.3, 0.4) is 0 Å². The molecule has 3 spiro atoms. The SMILES string of the molecule is O=C(NCN1C(=O)C2(C1=O)C(=O)N(CN1C(=O)C3(C(=O)OC3=O)C1=O)C2=O)OCOCNCN1C(=O)C2(C(=O)OC2=O)C1=O. The second-order valence-corrected chi connectivity index (χ2v) is 9.54. The van der Waals surface area contributed by atoms with Gasteiger partial charge in [-0.2, -0.15) is 0 Å². The molecule has 0 aromatic rings. The third-order valence-corrected chi connectivity index (χ3v) is 7.53. The summed E-state index contributed by atoms with van der Waals surface area (Å²) in [6, 6.07) is 0. The van der Waals surface area contributed by atoms with Gasteiger partial charge < -0.3 is 24.3 Å². The molecule has 0 unspecified atom stereocenters. The summed E-state index contributed by atoms with van der Waals surface area (Å²) in [5.74, 6) is -15.6. The first-order chi connectivity index (χ1) is 20.7. The highest BCUT2D eigenvalue weighted by atomic mass is 16.7. The third kappa shape index (κ3) is 2.87. The molecule has 0 saturated carbocycles. The number of likely N-dealkylation sites (tertiary alicyclic amines) is 4. The van der Waals surface area contributed by atoms with Crippen LogP contribution < -0.4 is 10.6 Å². The van der Waals surface area contributed by atoms with Gasteiger partial charge in [-0.15, -0.1) is 0 Å². The lowest BCUT2D eigenvalue weighted by Crippen LogP contribution is -2.87. The van der Waals surface area contributed by atoms with E-state index in [2.05, 4.69) is 19.5 Å². The van der Waals surface area contributed by atoms with Crippen molar-refractivity contribution in [1.29, 1.82) is 0 Å². The lowest BCUT2D eigenvalue weighted by molar-refractivity contribution is -0.218. The van der Waals surface area contributed by atoms with E-state index in [9.17, 15) is 62.3 Å². The highest BCUT2D eigenvalue weighted by Gasteiger charge is 2.84. The van der Waals surface area contributed by atoms with Gasteiger partial charge in [-0.1, -0.05) is 0 Å². The molecular formula is C21H12N6O17. The second kappa shape index (κ2) is 8.77. The maximum atomic E-state index is 12.6. The number of esters is 4. The normalized spacial score (nSPS) is 23.6. The number of hydrogen-bond donors (Lipinski definition) is 2. The summed E-state index contributed by atoms with van der Waals surface area (Å²) in [5.41, 5.74) is -7.87. The van der Waals surface area contributed by atoms with Crippen molar-refractivity contribution in [1.82, 2.24) is 30.2 Å². The Morgan fingerprint density at radius 1 is 0.568 bits per heavy atom. The van der Waals surface area contributed by atoms with E-state index in [-0.39, 0.29) is 9.80 Å². The van der Waals surface area contributed by atoms with Crippen LogP contribution in [0.1, 0.15) is 0 Å². The van der Waals surface area contributed by atoms with Crippen molar-refractivity contribution in [2.75, 3.05) is 33.5 Å². The molecule has 2 N–H and O–H groups in total. The zero-order valence-electron chi connectivity index (χ0n) is 21.3. The fourth-order valence-corrected chi connectivity index (χ4v) is 5.00. The van der Waals surface area contributed by atoms with Crippen molar-refractivity contribution >= 4 is 77.2 Å². The number of hydrogen-bond acceptors (Lipinski definition) is 18. The number of ether oxygens (including phenoxy) is 4. The number of cyclic esters (lactones) is 4. The van der Waals surface area contributed by atoms with Gasteiger partial charge in [-0.05, 0) is 0 Å². The van der Waals surface area contributed by atoms with Gasteiger partial charge in [0, 0.05) is 0 Å². The molecule has 44 heavy (non-hydrogen) atoms. The van der Waals surface area contributed by atoms with E-state index in [0.717, 1.165) is 0 Å². The number of imide groups is 4. The summed E-state index contributed by atoms with van der Waals surface area (Å²) in [6.45, 7) is -3.49. The van der Waals surface area contributed by atoms with Gasteiger partial charge in [0.15, 0.2) is 6.79 Å². The Labute approximate surface area is 239 Å². The van der Waals surface area contributed by atoms with Crippen molar-refractivity contribution < 1.29 is 81.3 Å². The molecule has 6 fully saturated rings. The highest BCUT2D eigenvalue weighted by molar-refractivity contribution is 6.53. The average Bonchev–Trinajstić information content (AvgIpc) is 2.97. The molecule has 6 aliphatic heterocycles. The molecule has 6 heterocycles. The van der Waals surface area contributed by atoms with Crippen LogP contribution in [0.2, 0.25) is 0 Å². The van der Waals surface area contributed by atoms with E-state index in [4.69, 9.17) is 4.74 Å². The van der Waals surface area contributed by atoms with Crippen LogP contribution in [0.5, 0.6) is 0 Å². The Balaban J connectivity index is 0.894. The maximum Gasteiger partial charge on any atom is 0.410 e. The molecule has 23 nitrogen and oxygen atoms in total. The molecule has 0 aliphatic carbocycles. The minimum absolute atomic E-state index is 0.226. The molecule has 0 aromatic heterocycles. The third-order valence-electron chi connectivity index (χ3n) is 7.53. The van der Waals surface area contributed by atoms with Crippen LogP contribution in [0.15, 0.2) is 0 Å². The number of nitrogens with zero attached hydrogens (tertiary/aromatic N) is 4. The van der Waals surface area contributed by atoms with Crippen LogP contribution in [0, 0.1) is 16.2 Å². The molecule has 0 radical (unpaired) electrons.